The molecule has 0 aliphatic carbocycles. The van der Waals surface area contributed by atoms with Crippen molar-refractivity contribution < 1.29 is 14.4 Å². The second-order valence-electron chi connectivity index (χ2n) is 8.69. The largest absolute Gasteiger partial charge is 0.325 e. The van der Waals surface area contributed by atoms with Gasteiger partial charge in [0.25, 0.3) is 0 Å². The van der Waals surface area contributed by atoms with Gasteiger partial charge >= 0.3 is 6.03 Å². The highest BCUT2D eigenvalue weighted by atomic mass is 16.2. The molecule has 176 valence electrons. The van der Waals surface area contributed by atoms with Crippen LogP contribution in [0.25, 0.3) is 0 Å². The first-order valence-corrected chi connectivity index (χ1v) is 11.2. The smallest absolute Gasteiger partial charge is 0.324 e. The van der Waals surface area contributed by atoms with E-state index in [1.165, 1.54) is 0 Å². The third-order valence-corrected chi connectivity index (χ3v) is 5.83. The zero-order valence-corrected chi connectivity index (χ0v) is 19.8. The van der Waals surface area contributed by atoms with Crippen molar-refractivity contribution >= 4 is 29.2 Å². The monoisotopic (exact) mass is 451 g/mol. The number of nitrogens with one attached hydrogen (secondary N) is 3. The van der Waals surface area contributed by atoms with Crippen LogP contribution in [0.1, 0.15) is 22.3 Å². The van der Waals surface area contributed by atoms with Crippen molar-refractivity contribution in [3.63, 3.8) is 0 Å². The summed E-state index contributed by atoms with van der Waals surface area (Å²) in [5, 5.41) is 8.13. The van der Waals surface area contributed by atoms with Gasteiger partial charge in [0.15, 0.2) is 0 Å². The normalized spacial score (nSPS) is 14.5. The Balaban J connectivity index is 1.39. The number of aryl methyl sites for hydroxylation is 4. The SMILES string of the molecule is Cc1ccc(NC(=O)NC(=O)CN2CCN(CC(=O)Nc3c(C)cccc3C)CC2)c(C)c1. The number of hydrogen-bond acceptors (Lipinski definition) is 5. The van der Waals surface area contributed by atoms with E-state index in [0.29, 0.717) is 38.4 Å². The summed E-state index contributed by atoms with van der Waals surface area (Å²) in [5.74, 6) is -0.389. The van der Waals surface area contributed by atoms with Gasteiger partial charge in [0, 0.05) is 37.6 Å². The first kappa shape index (κ1) is 24.4. The molecular weight excluding hydrogens is 418 g/mol. The van der Waals surface area contributed by atoms with E-state index in [1.54, 1.807) is 0 Å². The van der Waals surface area contributed by atoms with Crippen molar-refractivity contribution in [2.75, 3.05) is 49.9 Å². The fourth-order valence-corrected chi connectivity index (χ4v) is 3.98. The lowest BCUT2D eigenvalue weighted by atomic mass is 10.1. The Morgan fingerprint density at radius 1 is 0.758 bits per heavy atom. The van der Waals surface area contributed by atoms with Crippen molar-refractivity contribution in [1.29, 1.82) is 0 Å². The molecular formula is C25H33N5O3. The van der Waals surface area contributed by atoms with E-state index in [0.717, 1.165) is 27.9 Å². The molecule has 1 heterocycles. The quantitative estimate of drug-likeness (QED) is 0.628. The number of rotatable bonds is 6. The number of benzene rings is 2. The lowest BCUT2D eigenvalue weighted by Gasteiger charge is -2.33. The van der Waals surface area contributed by atoms with Crippen LogP contribution >= 0.6 is 0 Å². The van der Waals surface area contributed by atoms with Gasteiger partial charge in [-0.2, -0.15) is 0 Å². The number of para-hydroxylation sites is 1. The van der Waals surface area contributed by atoms with Crippen LogP contribution in [0.3, 0.4) is 0 Å². The van der Waals surface area contributed by atoms with E-state index < -0.39 is 6.03 Å². The Bertz CT molecular complexity index is 1010. The molecule has 3 rings (SSSR count). The van der Waals surface area contributed by atoms with Gasteiger partial charge in [-0.15, -0.1) is 0 Å². The first-order chi connectivity index (χ1) is 15.7. The van der Waals surface area contributed by atoms with Crippen LogP contribution in [0, 0.1) is 27.7 Å². The highest BCUT2D eigenvalue weighted by molar-refractivity contribution is 6.02. The first-order valence-electron chi connectivity index (χ1n) is 11.2. The minimum absolute atomic E-state index is 0.0401. The van der Waals surface area contributed by atoms with Crippen LogP contribution in [0.15, 0.2) is 36.4 Å². The van der Waals surface area contributed by atoms with Crippen LogP contribution in [-0.4, -0.2) is 66.9 Å². The molecule has 0 saturated carbocycles. The number of nitrogens with zero attached hydrogens (tertiary/aromatic N) is 2. The number of hydrogen-bond donors (Lipinski definition) is 3. The number of carbonyl (C=O) groups excluding carboxylic acids is 3. The van der Waals surface area contributed by atoms with E-state index in [2.05, 4.69) is 20.9 Å². The summed E-state index contributed by atoms with van der Waals surface area (Å²) in [6.07, 6.45) is 0. The number of piperazine rings is 1. The van der Waals surface area contributed by atoms with Gasteiger partial charge in [0.2, 0.25) is 11.8 Å². The third-order valence-electron chi connectivity index (χ3n) is 5.83. The van der Waals surface area contributed by atoms with Gasteiger partial charge in [-0.3, -0.25) is 24.7 Å². The zero-order valence-electron chi connectivity index (χ0n) is 19.8. The summed E-state index contributed by atoms with van der Waals surface area (Å²) in [4.78, 5) is 41.0. The minimum Gasteiger partial charge on any atom is -0.324 e. The summed E-state index contributed by atoms with van der Waals surface area (Å²) in [5.41, 5.74) is 5.68. The maximum atomic E-state index is 12.5. The molecule has 4 amide bonds. The van der Waals surface area contributed by atoms with Gasteiger partial charge in [-0.25, -0.2) is 4.79 Å². The average molecular weight is 452 g/mol. The molecule has 0 aromatic heterocycles. The van der Waals surface area contributed by atoms with E-state index in [9.17, 15) is 14.4 Å². The second kappa shape index (κ2) is 11.1. The predicted molar refractivity (Wildman–Crippen MR) is 131 cm³/mol. The lowest BCUT2D eigenvalue weighted by molar-refractivity contribution is -0.122. The van der Waals surface area contributed by atoms with Crippen molar-refractivity contribution in [1.82, 2.24) is 15.1 Å². The zero-order chi connectivity index (χ0) is 24.0. The molecule has 3 N–H and O–H groups in total. The fraction of sp³-hybridized carbons (Fsp3) is 0.400. The lowest BCUT2D eigenvalue weighted by Crippen LogP contribution is -2.51. The van der Waals surface area contributed by atoms with Crippen molar-refractivity contribution in [3.05, 3.63) is 58.7 Å². The second-order valence-corrected chi connectivity index (χ2v) is 8.69. The molecule has 1 aliphatic rings. The molecule has 8 heteroatoms. The summed E-state index contributed by atoms with van der Waals surface area (Å²) in [6, 6.07) is 11.1. The van der Waals surface area contributed by atoms with Gasteiger partial charge in [0.05, 0.1) is 13.1 Å². The molecule has 1 aliphatic heterocycles. The number of anilines is 2. The Labute approximate surface area is 195 Å². The maximum absolute atomic E-state index is 12.5. The van der Waals surface area contributed by atoms with E-state index in [4.69, 9.17) is 0 Å². The minimum atomic E-state index is -0.534. The summed E-state index contributed by atoms with van der Waals surface area (Å²) >= 11 is 0. The number of amides is 4. The standard InChI is InChI=1S/C25H33N5O3/c1-17-8-9-21(20(4)14-17)26-25(33)28-23(32)16-30-12-10-29(11-13-30)15-22(31)27-24-18(2)6-5-7-19(24)3/h5-9,14H,10-13,15-16H2,1-4H3,(H,27,31)(H2,26,28,32,33). The molecule has 0 unspecified atom stereocenters. The summed E-state index contributed by atoms with van der Waals surface area (Å²) in [7, 11) is 0. The molecule has 0 atom stereocenters. The Morgan fingerprint density at radius 3 is 1.91 bits per heavy atom. The van der Waals surface area contributed by atoms with E-state index >= 15 is 0 Å². The molecule has 0 bridgehead atoms. The molecule has 8 nitrogen and oxygen atoms in total. The molecule has 1 saturated heterocycles. The molecule has 2 aromatic rings. The van der Waals surface area contributed by atoms with Gasteiger partial charge < -0.3 is 10.6 Å². The molecule has 0 radical (unpaired) electrons. The van der Waals surface area contributed by atoms with E-state index in [-0.39, 0.29) is 18.4 Å². The maximum Gasteiger partial charge on any atom is 0.325 e. The van der Waals surface area contributed by atoms with Crippen LogP contribution in [0.5, 0.6) is 0 Å². The number of imide groups is 1. The molecule has 1 fully saturated rings. The van der Waals surface area contributed by atoms with Crippen LogP contribution < -0.4 is 16.0 Å². The Morgan fingerprint density at radius 2 is 1.33 bits per heavy atom. The number of carbonyl (C=O) groups is 3. The average Bonchev–Trinajstić information content (AvgIpc) is 2.74. The van der Waals surface area contributed by atoms with Gasteiger partial charge in [-0.1, -0.05) is 35.9 Å². The van der Waals surface area contributed by atoms with Crippen molar-refractivity contribution in [3.8, 4) is 0 Å². The topological polar surface area (TPSA) is 93.8 Å². The Kier molecular flexibility index (Phi) is 8.19. The fourth-order valence-electron chi connectivity index (χ4n) is 3.98. The van der Waals surface area contributed by atoms with E-state index in [1.807, 2.05) is 69.0 Å². The van der Waals surface area contributed by atoms with Crippen LogP contribution in [-0.2, 0) is 9.59 Å². The third kappa shape index (κ3) is 7.13. The van der Waals surface area contributed by atoms with Crippen LogP contribution in [0.2, 0.25) is 0 Å². The predicted octanol–water partition coefficient (Wildman–Crippen LogP) is 2.82. The van der Waals surface area contributed by atoms with Crippen molar-refractivity contribution in [2.24, 2.45) is 0 Å². The highest BCUT2D eigenvalue weighted by Crippen LogP contribution is 2.19. The van der Waals surface area contributed by atoms with Gasteiger partial charge in [-0.05, 0) is 50.5 Å². The van der Waals surface area contributed by atoms with Gasteiger partial charge in [0.1, 0.15) is 0 Å². The summed E-state index contributed by atoms with van der Waals surface area (Å²) in [6.45, 7) is 11.0. The summed E-state index contributed by atoms with van der Waals surface area (Å²) < 4.78 is 0. The van der Waals surface area contributed by atoms with Crippen molar-refractivity contribution in [2.45, 2.75) is 27.7 Å². The van der Waals surface area contributed by atoms with Crippen LogP contribution in [0.4, 0.5) is 16.2 Å². The molecule has 2 aromatic carbocycles. The highest BCUT2D eigenvalue weighted by Gasteiger charge is 2.21. The molecule has 33 heavy (non-hydrogen) atoms. The number of urea groups is 1. The Hall–Kier alpha value is -3.23. The molecule has 0 spiro atoms.